The smallest absolute Gasteiger partial charge is 0.340 e. The van der Waals surface area contributed by atoms with Crippen LogP contribution < -0.4 is 0 Å². The number of aryl methyl sites for hydroxylation is 1. The van der Waals surface area contributed by atoms with Gasteiger partial charge in [0.2, 0.25) is 0 Å². The van der Waals surface area contributed by atoms with E-state index in [9.17, 15) is 19.3 Å². The number of aromatic nitrogens is 1. The summed E-state index contributed by atoms with van der Waals surface area (Å²) in [4.78, 5) is 25.7. The summed E-state index contributed by atoms with van der Waals surface area (Å²) in [5.74, 6) is -1.95. The molecule has 0 atom stereocenters. The van der Waals surface area contributed by atoms with E-state index in [0.717, 1.165) is 24.9 Å². The van der Waals surface area contributed by atoms with E-state index in [4.69, 9.17) is 4.42 Å². The number of ether oxygens (including phenoxy) is 1. The first-order valence-electron chi connectivity index (χ1n) is 5.58. The maximum Gasteiger partial charge on any atom is 0.340 e. The van der Waals surface area contributed by atoms with Gasteiger partial charge in [-0.3, -0.25) is 10.1 Å². The summed E-state index contributed by atoms with van der Waals surface area (Å²) in [6.45, 7) is 1.69. The summed E-state index contributed by atoms with van der Waals surface area (Å²) in [5, 5.41) is 11.1. The van der Waals surface area contributed by atoms with Crippen molar-refractivity contribution >= 4 is 23.4 Å². The van der Waals surface area contributed by atoms with Crippen molar-refractivity contribution in [3.8, 4) is 0 Å². The number of methoxy groups -OCH3 is 1. The molecule has 0 spiro atoms. The van der Waals surface area contributed by atoms with Crippen LogP contribution in [0.1, 0.15) is 16.1 Å². The third-order valence-electron chi connectivity index (χ3n) is 2.45. The zero-order chi connectivity index (χ0) is 15.6. The van der Waals surface area contributed by atoms with E-state index in [0.29, 0.717) is 11.8 Å². The van der Waals surface area contributed by atoms with E-state index in [-0.39, 0.29) is 10.1 Å². The maximum absolute atomic E-state index is 13.7. The predicted molar refractivity (Wildman–Crippen MR) is 69.8 cm³/mol. The van der Waals surface area contributed by atoms with Gasteiger partial charge in [0.15, 0.2) is 0 Å². The first-order valence-corrected chi connectivity index (χ1v) is 6.40. The largest absolute Gasteiger partial charge is 0.465 e. The number of hydrogen-bond donors (Lipinski definition) is 0. The van der Waals surface area contributed by atoms with Gasteiger partial charge in [0.05, 0.1) is 34.3 Å². The second-order valence-electron chi connectivity index (χ2n) is 3.91. The van der Waals surface area contributed by atoms with Crippen LogP contribution in [0, 0.1) is 22.9 Å². The lowest BCUT2D eigenvalue weighted by Crippen LogP contribution is -2.06. The van der Waals surface area contributed by atoms with Crippen molar-refractivity contribution in [1.82, 2.24) is 4.98 Å². The van der Waals surface area contributed by atoms with E-state index < -0.39 is 28.0 Å². The Morgan fingerprint density at radius 2 is 2.24 bits per heavy atom. The lowest BCUT2D eigenvalue weighted by molar-refractivity contribution is -0.387. The second kappa shape index (κ2) is 5.92. The molecule has 0 bridgehead atoms. The monoisotopic (exact) mass is 312 g/mol. The van der Waals surface area contributed by atoms with Crippen LogP contribution in [0.4, 0.5) is 10.1 Å². The number of nitro groups is 1. The Balaban J connectivity index is 2.50. The van der Waals surface area contributed by atoms with E-state index in [1.54, 1.807) is 6.92 Å². The van der Waals surface area contributed by atoms with Crippen LogP contribution >= 0.6 is 11.8 Å². The molecule has 9 heteroatoms. The number of halogens is 1. The Morgan fingerprint density at radius 3 is 2.76 bits per heavy atom. The van der Waals surface area contributed by atoms with Gasteiger partial charge in [0.1, 0.15) is 12.1 Å². The molecular weight excluding hydrogens is 303 g/mol. The number of oxazole rings is 1. The Kier molecular flexibility index (Phi) is 4.22. The highest BCUT2D eigenvalue weighted by molar-refractivity contribution is 7.99. The van der Waals surface area contributed by atoms with Crippen LogP contribution in [0.3, 0.4) is 0 Å². The average Bonchev–Trinajstić information content (AvgIpc) is 2.84. The van der Waals surface area contributed by atoms with Crippen LogP contribution in [-0.4, -0.2) is 23.0 Å². The Bertz CT molecular complexity index is 716. The van der Waals surface area contributed by atoms with E-state index in [1.165, 1.54) is 6.26 Å². The minimum absolute atomic E-state index is 0.0312. The standard InChI is InChI=1S/C12H9FN2O5S/c1-6-5-20-12(14-6)21-10-3-7(11(16)19-2)8(13)4-9(10)15(17)18/h3-5H,1-2H3. The molecule has 0 saturated carbocycles. The highest BCUT2D eigenvalue weighted by Gasteiger charge is 2.24. The second-order valence-corrected chi connectivity index (χ2v) is 4.90. The highest BCUT2D eigenvalue weighted by Crippen LogP contribution is 2.36. The summed E-state index contributed by atoms with van der Waals surface area (Å²) in [6.07, 6.45) is 1.37. The van der Waals surface area contributed by atoms with Crippen LogP contribution in [0.15, 0.2) is 32.9 Å². The summed E-state index contributed by atoms with van der Waals surface area (Å²) in [6, 6.07) is 1.72. The number of rotatable bonds is 4. The molecule has 1 aromatic carbocycles. The molecule has 0 radical (unpaired) electrons. The molecule has 2 rings (SSSR count). The van der Waals surface area contributed by atoms with E-state index >= 15 is 0 Å². The molecule has 0 fully saturated rings. The van der Waals surface area contributed by atoms with Crippen molar-refractivity contribution in [2.24, 2.45) is 0 Å². The molecule has 7 nitrogen and oxygen atoms in total. The zero-order valence-electron chi connectivity index (χ0n) is 11.0. The molecule has 2 aromatic rings. The number of hydrogen-bond acceptors (Lipinski definition) is 7. The molecule has 1 heterocycles. The van der Waals surface area contributed by atoms with Crippen molar-refractivity contribution in [2.75, 3.05) is 7.11 Å². The van der Waals surface area contributed by atoms with Crippen LogP contribution in [0.5, 0.6) is 0 Å². The van der Waals surface area contributed by atoms with Gasteiger partial charge in [-0.15, -0.1) is 0 Å². The fourth-order valence-electron chi connectivity index (χ4n) is 1.51. The molecule has 0 amide bonds. The fourth-order valence-corrected chi connectivity index (χ4v) is 2.40. The highest BCUT2D eigenvalue weighted by atomic mass is 32.2. The van der Waals surface area contributed by atoms with Gasteiger partial charge in [-0.25, -0.2) is 14.2 Å². The third kappa shape index (κ3) is 3.19. The Hall–Kier alpha value is -2.42. The number of esters is 1. The quantitative estimate of drug-likeness (QED) is 0.486. The van der Waals surface area contributed by atoms with Gasteiger partial charge in [-0.05, 0) is 24.8 Å². The summed E-state index contributed by atoms with van der Waals surface area (Å²) in [5.41, 5.74) is -0.287. The Labute approximate surface area is 122 Å². The number of benzene rings is 1. The number of nitrogens with zero attached hydrogens (tertiary/aromatic N) is 2. The average molecular weight is 312 g/mol. The molecule has 0 unspecified atom stereocenters. The van der Waals surface area contributed by atoms with Gasteiger partial charge >= 0.3 is 5.97 Å². The molecule has 0 N–H and O–H groups in total. The predicted octanol–water partition coefficient (Wildman–Crippen LogP) is 2.97. The van der Waals surface area contributed by atoms with Crippen molar-refractivity contribution in [3.63, 3.8) is 0 Å². The maximum atomic E-state index is 13.7. The topological polar surface area (TPSA) is 95.5 Å². The zero-order valence-corrected chi connectivity index (χ0v) is 11.8. The van der Waals surface area contributed by atoms with Crippen LogP contribution in [0.2, 0.25) is 0 Å². The van der Waals surface area contributed by atoms with Crippen molar-refractivity contribution < 1.29 is 23.3 Å². The first-order chi connectivity index (χ1) is 9.92. The van der Waals surface area contributed by atoms with Crippen LogP contribution in [-0.2, 0) is 4.74 Å². The molecule has 0 saturated heterocycles. The molecule has 110 valence electrons. The van der Waals surface area contributed by atoms with E-state index in [1.807, 2.05) is 0 Å². The van der Waals surface area contributed by atoms with Crippen LogP contribution in [0.25, 0.3) is 0 Å². The summed E-state index contributed by atoms with van der Waals surface area (Å²) < 4.78 is 23.2. The van der Waals surface area contributed by atoms with Gasteiger partial charge in [0, 0.05) is 0 Å². The van der Waals surface area contributed by atoms with Crippen molar-refractivity contribution in [2.45, 2.75) is 17.0 Å². The number of carbonyl (C=O) groups is 1. The lowest BCUT2D eigenvalue weighted by Gasteiger charge is -2.05. The van der Waals surface area contributed by atoms with Crippen molar-refractivity contribution in [1.29, 1.82) is 0 Å². The molecular formula is C12H9FN2O5S. The van der Waals surface area contributed by atoms with Gasteiger partial charge < -0.3 is 9.15 Å². The van der Waals surface area contributed by atoms with Crippen molar-refractivity contribution in [3.05, 3.63) is 45.6 Å². The molecule has 1 aromatic heterocycles. The SMILES string of the molecule is COC(=O)c1cc(Sc2nc(C)co2)c([N+](=O)[O-])cc1F. The number of nitro benzene ring substituents is 1. The number of carbonyl (C=O) groups excluding carboxylic acids is 1. The fraction of sp³-hybridized carbons (Fsp3) is 0.167. The minimum atomic E-state index is -1.03. The Morgan fingerprint density at radius 1 is 1.52 bits per heavy atom. The molecule has 0 aliphatic carbocycles. The molecule has 21 heavy (non-hydrogen) atoms. The summed E-state index contributed by atoms with van der Waals surface area (Å²) >= 11 is 0.820. The lowest BCUT2D eigenvalue weighted by atomic mass is 10.2. The van der Waals surface area contributed by atoms with E-state index in [2.05, 4.69) is 9.72 Å². The minimum Gasteiger partial charge on any atom is -0.465 e. The van der Waals surface area contributed by atoms with Gasteiger partial charge in [-0.2, -0.15) is 0 Å². The third-order valence-corrected chi connectivity index (χ3v) is 3.35. The van der Waals surface area contributed by atoms with Gasteiger partial charge in [-0.1, -0.05) is 0 Å². The van der Waals surface area contributed by atoms with Gasteiger partial charge in [0.25, 0.3) is 10.9 Å². The summed E-state index contributed by atoms with van der Waals surface area (Å²) in [7, 11) is 1.09. The first kappa shape index (κ1) is 15.0. The molecule has 0 aliphatic rings. The molecule has 0 aliphatic heterocycles. The normalized spacial score (nSPS) is 10.4.